The average Bonchev–Trinajstić information content (AvgIpc) is 2.77. The SMILES string of the molecule is Cc1ccc(-c2ccc(/C=N/NC(N)=S)o2)c(Br)c1. The minimum atomic E-state index is 0.115. The van der Waals surface area contributed by atoms with E-state index in [1.54, 1.807) is 0 Å². The number of nitrogens with one attached hydrogen (secondary N) is 1. The molecular weight excluding hydrogens is 326 g/mol. The van der Waals surface area contributed by atoms with E-state index in [-0.39, 0.29) is 5.11 Å². The molecule has 0 saturated carbocycles. The summed E-state index contributed by atoms with van der Waals surface area (Å²) in [4.78, 5) is 0. The minimum Gasteiger partial charge on any atom is -0.455 e. The number of nitrogens with two attached hydrogens (primary N) is 1. The fourth-order valence-electron chi connectivity index (χ4n) is 1.55. The van der Waals surface area contributed by atoms with Crippen LogP contribution in [-0.4, -0.2) is 11.3 Å². The molecule has 6 heteroatoms. The molecule has 19 heavy (non-hydrogen) atoms. The summed E-state index contributed by atoms with van der Waals surface area (Å²) in [6.07, 6.45) is 1.52. The van der Waals surface area contributed by atoms with Gasteiger partial charge in [-0.15, -0.1) is 0 Å². The van der Waals surface area contributed by atoms with Crippen LogP contribution < -0.4 is 11.2 Å². The summed E-state index contributed by atoms with van der Waals surface area (Å²) in [6.45, 7) is 2.04. The standard InChI is InChI=1S/C13H12BrN3OS/c1-8-2-4-10(11(14)6-8)12-5-3-9(18-12)7-16-17-13(15)19/h2-7H,1H3,(H3,15,17,19)/b16-7+. The Morgan fingerprint density at radius 3 is 2.89 bits per heavy atom. The van der Waals surface area contributed by atoms with Gasteiger partial charge < -0.3 is 10.2 Å². The van der Waals surface area contributed by atoms with Gasteiger partial charge in [0.2, 0.25) is 0 Å². The summed E-state index contributed by atoms with van der Waals surface area (Å²) in [5.74, 6) is 1.38. The summed E-state index contributed by atoms with van der Waals surface area (Å²) in [5, 5.41) is 3.95. The Labute approximate surface area is 124 Å². The highest BCUT2D eigenvalue weighted by Gasteiger charge is 2.07. The van der Waals surface area contributed by atoms with Crippen molar-refractivity contribution in [1.82, 2.24) is 5.43 Å². The van der Waals surface area contributed by atoms with Gasteiger partial charge in [-0.05, 0) is 49.0 Å². The smallest absolute Gasteiger partial charge is 0.184 e. The molecular formula is C13H12BrN3OS. The molecule has 0 bridgehead atoms. The Bertz CT molecular complexity index is 637. The highest BCUT2D eigenvalue weighted by atomic mass is 79.9. The highest BCUT2D eigenvalue weighted by Crippen LogP contribution is 2.30. The minimum absolute atomic E-state index is 0.115. The second-order valence-corrected chi connectivity index (χ2v) is 5.21. The molecule has 1 aromatic heterocycles. The molecule has 0 amide bonds. The summed E-state index contributed by atoms with van der Waals surface area (Å²) in [6, 6.07) is 9.79. The van der Waals surface area contributed by atoms with Gasteiger partial charge in [0, 0.05) is 10.0 Å². The summed E-state index contributed by atoms with van der Waals surface area (Å²) in [7, 11) is 0. The largest absolute Gasteiger partial charge is 0.455 e. The van der Waals surface area contributed by atoms with Crippen LogP contribution in [0.15, 0.2) is 44.3 Å². The van der Waals surface area contributed by atoms with Crippen LogP contribution in [0.4, 0.5) is 0 Å². The molecule has 0 unspecified atom stereocenters. The summed E-state index contributed by atoms with van der Waals surface area (Å²) in [5.41, 5.74) is 9.91. The number of halogens is 1. The third-order valence-corrected chi connectivity index (χ3v) is 3.13. The number of furan rings is 1. The maximum Gasteiger partial charge on any atom is 0.184 e. The van der Waals surface area contributed by atoms with Crippen molar-refractivity contribution < 1.29 is 4.42 Å². The zero-order valence-corrected chi connectivity index (χ0v) is 12.6. The number of benzene rings is 1. The van der Waals surface area contributed by atoms with Crippen molar-refractivity contribution in [3.63, 3.8) is 0 Å². The van der Waals surface area contributed by atoms with Crippen LogP contribution in [0.2, 0.25) is 0 Å². The second-order valence-electron chi connectivity index (χ2n) is 3.92. The van der Waals surface area contributed by atoms with Crippen molar-refractivity contribution in [2.45, 2.75) is 6.92 Å². The lowest BCUT2D eigenvalue weighted by molar-refractivity contribution is 0.574. The Morgan fingerprint density at radius 1 is 1.42 bits per heavy atom. The lowest BCUT2D eigenvalue weighted by Crippen LogP contribution is -2.23. The van der Waals surface area contributed by atoms with Crippen molar-refractivity contribution in [2.75, 3.05) is 0 Å². The third kappa shape index (κ3) is 3.65. The van der Waals surface area contributed by atoms with Crippen LogP contribution >= 0.6 is 28.1 Å². The maximum absolute atomic E-state index is 5.67. The average molecular weight is 338 g/mol. The summed E-state index contributed by atoms with van der Waals surface area (Å²) < 4.78 is 6.66. The van der Waals surface area contributed by atoms with Gasteiger partial charge in [-0.1, -0.05) is 22.0 Å². The second kappa shape index (κ2) is 5.99. The van der Waals surface area contributed by atoms with E-state index >= 15 is 0 Å². The molecule has 0 radical (unpaired) electrons. The van der Waals surface area contributed by atoms with Gasteiger partial charge in [0.05, 0.1) is 6.21 Å². The third-order valence-electron chi connectivity index (χ3n) is 2.38. The van der Waals surface area contributed by atoms with Crippen molar-refractivity contribution in [2.24, 2.45) is 10.8 Å². The van der Waals surface area contributed by atoms with Crippen LogP contribution in [0.1, 0.15) is 11.3 Å². The quantitative estimate of drug-likeness (QED) is 0.513. The van der Waals surface area contributed by atoms with Gasteiger partial charge in [0.25, 0.3) is 0 Å². The lowest BCUT2D eigenvalue weighted by Gasteiger charge is -2.01. The van der Waals surface area contributed by atoms with Crippen LogP contribution in [0.25, 0.3) is 11.3 Å². The molecule has 4 nitrogen and oxygen atoms in total. The topological polar surface area (TPSA) is 63.5 Å². The number of nitrogens with zero attached hydrogens (tertiary/aromatic N) is 1. The molecule has 0 spiro atoms. The van der Waals surface area contributed by atoms with Gasteiger partial charge in [-0.3, -0.25) is 5.43 Å². The molecule has 2 rings (SSSR count). The van der Waals surface area contributed by atoms with Crippen molar-refractivity contribution >= 4 is 39.5 Å². The molecule has 0 aliphatic carbocycles. The number of rotatable bonds is 3. The molecule has 0 fully saturated rings. The molecule has 1 heterocycles. The van der Waals surface area contributed by atoms with E-state index in [0.717, 1.165) is 15.8 Å². The number of hydrazone groups is 1. The van der Waals surface area contributed by atoms with Crippen molar-refractivity contribution in [1.29, 1.82) is 0 Å². The Kier molecular flexibility index (Phi) is 4.34. The number of hydrogen-bond acceptors (Lipinski definition) is 3. The molecule has 0 aliphatic rings. The fourth-order valence-corrected chi connectivity index (χ4v) is 2.29. The van der Waals surface area contributed by atoms with Gasteiger partial charge in [-0.2, -0.15) is 5.10 Å². The first-order valence-corrected chi connectivity index (χ1v) is 6.71. The summed E-state index contributed by atoms with van der Waals surface area (Å²) >= 11 is 8.16. The number of thiocarbonyl (C=S) groups is 1. The molecule has 2 aromatic rings. The lowest BCUT2D eigenvalue weighted by atomic mass is 10.1. The first-order valence-electron chi connectivity index (χ1n) is 5.51. The van der Waals surface area contributed by atoms with E-state index in [9.17, 15) is 0 Å². The number of hydrogen-bond donors (Lipinski definition) is 2. The first-order chi connectivity index (χ1) is 9.06. The normalized spacial score (nSPS) is 10.8. The van der Waals surface area contributed by atoms with E-state index in [2.05, 4.69) is 38.7 Å². The van der Waals surface area contributed by atoms with Gasteiger partial charge in [0.15, 0.2) is 5.11 Å². The first kappa shape index (κ1) is 13.8. The Hall–Kier alpha value is -1.66. The van der Waals surface area contributed by atoms with Gasteiger partial charge >= 0.3 is 0 Å². The highest BCUT2D eigenvalue weighted by molar-refractivity contribution is 9.10. The number of aryl methyl sites for hydroxylation is 1. The zero-order valence-electron chi connectivity index (χ0n) is 10.2. The maximum atomic E-state index is 5.67. The van der Waals surface area contributed by atoms with E-state index in [1.165, 1.54) is 11.8 Å². The van der Waals surface area contributed by atoms with Crippen LogP contribution in [0, 0.1) is 6.92 Å². The molecule has 0 saturated heterocycles. The van der Waals surface area contributed by atoms with Crippen LogP contribution in [0.3, 0.4) is 0 Å². The van der Waals surface area contributed by atoms with Crippen molar-refractivity contribution in [3.8, 4) is 11.3 Å². The van der Waals surface area contributed by atoms with E-state index in [1.807, 2.05) is 37.3 Å². The Balaban J connectivity index is 2.21. The monoisotopic (exact) mass is 337 g/mol. The predicted octanol–water partition coefficient (Wildman–Crippen LogP) is 3.18. The van der Waals surface area contributed by atoms with Gasteiger partial charge in [-0.25, -0.2) is 0 Å². The van der Waals surface area contributed by atoms with Gasteiger partial charge in [0.1, 0.15) is 11.5 Å². The predicted molar refractivity (Wildman–Crippen MR) is 84.1 cm³/mol. The van der Waals surface area contributed by atoms with E-state index < -0.39 is 0 Å². The fraction of sp³-hybridized carbons (Fsp3) is 0.0769. The van der Waals surface area contributed by atoms with Crippen LogP contribution in [0.5, 0.6) is 0 Å². The zero-order chi connectivity index (χ0) is 13.8. The Morgan fingerprint density at radius 2 is 2.21 bits per heavy atom. The molecule has 0 atom stereocenters. The molecule has 3 N–H and O–H groups in total. The van der Waals surface area contributed by atoms with Crippen molar-refractivity contribution in [3.05, 3.63) is 46.1 Å². The molecule has 0 aliphatic heterocycles. The van der Waals surface area contributed by atoms with Crippen LogP contribution in [-0.2, 0) is 0 Å². The van der Waals surface area contributed by atoms with E-state index in [4.69, 9.17) is 10.2 Å². The molecule has 1 aromatic carbocycles. The molecule has 98 valence electrons. The van der Waals surface area contributed by atoms with E-state index in [0.29, 0.717) is 5.76 Å².